The monoisotopic (exact) mass is 625 g/mol. The molecule has 2 aliphatic rings. The van der Waals surface area contributed by atoms with E-state index in [4.69, 9.17) is 32.9 Å². The van der Waals surface area contributed by atoms with Crippen molar-refractivity contribution < 1.29 is 18.3 Å². The van der Waals surface area contributed by atoms with Crippen molar-refractivity contribution in [3.8, 4) is 17.1 Å². The molecule has 0 N–H and O–H groups in total. The Morgan fingerprint density at radius 2 is 1.88 bits per heavy atom. The highest BCUT2D eigenvalue weighted by Crippen LogP contribution is 2.43. The average Bonchev–Trinajstić information content (AvgIpc) is 3.40. The molecule has 0 radical (unpaired) electrons. The van der Waals surface area contributed by atoms with Gasteiger partial charge in [-0.2, -0.15) is 9.97 Å². The molecule has 2 aliphatic heterocycles. The number of rotatable bonds is 6. The topological polar surface area (TPSA) is 61.8 Å². The summed E-state index contributed by atoms with van der Waals surface area (Å²) in [4.78, 5) is 27.2. The number of hydrogen-bond donors (Lipinski definition) is 0. The van der Waals surface area contributed by atoms with E-state index in [9.17, 15) is 9.18 Å². The molecule has 0 aliphatic carbocycles. The Balaban J connectivity index is 1.48. The third kappa shape index (κ3) is 5.50. The smallest absolute Gasteiger partial charge is 0.319 e. The molecule has 7 nitrogen and oxygen atoms in total. The zero-order chi connectivity index (χ0) is 30.4. The lowest BCUT2D eigenvalue weighted by Gasteiger charge is -2.40. The van der Waals surface area contributed by atoms with Crippen molar-refractivity contribution >= 4 is 56.6 Å². The van der Waals surface area contributed by atoms with Crippen LogP contribution in [0, 0.1) is 5.82 Å². The highest BCUT2D eigenvalue weighted by molar-refractivity contribution is 6.38. The minimum absolute atomic E-state index is 0.0498. The number of carbonyl (C=O) groups is 1. The van der Waals surface area contributed by atoms with Crippen LogP contribution in [-0.2, 0) is 4.79 Å². The molecule has 3 aromatic carbocycles. The zero-order valence-electron chi connectivity index (χ0n) is 23.9. The maximum absolute atomic E-state index is 16.8. The Bertz CT molecular complexity index is 1750. The summed E-state index contributed by atoms with van der Waals surface area (Å²) < 4.78 is 36.5. The van der Waals surface area contributed by atoms with Crippen LogP contribution in [0.4, 0.5) is 14.6 Å². The SMILES string of the molecule is C=C(F)C(=O)N1CCN(c2nc(OC[C@@H]3CCCN3C)nc3c(F)c(-c4cccc5cccc(Cl)c45)c(Cl)cc23)[C@@H](C)C1. The van der Waals surface area contributed by atoms with Gasteiger partial charge in [0.2, 0.25) is 0 Å². The Labute approximate surface area is 258 Å². The highest BCUT2D eigenvalue weighted by Gasteiger charge is 2.32. The van der Waals surface area contributed by atoms with E-state index >= 15 is 4.39 Å². The number of likely N-dealkylation sites (tertiary alicyclic amines) is 1. The number of likely N-dealkylation sites (N-methyl/N-ethyl adjacent to an activating group) is 1. The summed E-state index contributed by atoms with van der Waals surface area (Å²) in [6.45, 7) is 7.18. The molecule has 2 saturated heterocycles. The Hall–Kier alpha value is -3.53. The molecule has 0 saturated carbocycles. The van der Waals surface area contributed by atoms with Crippen LogP contribution in [0.1, 0.15) is 19.8 Å². The molecule has 11 heteroatoms. The number of halogens is 4. The molecular formula is C32H31Cl2F2N5O2. The van der Waals surface area contributed by atoms with Gasteiger partial charge in [-0.25, -0.2) is 8.78 Å². The second kappa shape index (κ2) is 11.9. The van der Waals surface area contributed by atoms with Gasteiger partial charge in [0.1, 0.15) is 17.9 Å². The van der Waals surface area contributed by atoms with Crippen molar-refractivity contribution in [3.05, 3.63) is 70.7 Å². The minimum atomic E-state index is -1.00. The van der Waals surface area contributed by atoms with E-state index in [-0.39, 0.29) is 47.3 Å². The molecule has 1 amide bonds. The maximum Gasteiger partial charge on any atom is 0.319 e. The summed E-state index contributed by atoms with van der Waals surface area (Å²) in [6.07, 6.45) is 2.06. The first-order valence-corrected chi connectivity index (χ1v) is 15.0. The van der Waals surface area contributed by atoms with Crippen molar-refractivity contribution in [2.45, 2.75) is 31.8 Å². The van der Waals surface area contributed by atoms with Gasteiger partial charge in [-0.15, -0.1) is 0 Å². The summed E-state index contributed by atoms with van der Waals surface area (Å²) in [6, 6.07) is 12.7. The quantitative estimate of drug-likeness (QED) is 0.217. The molecule has 6 rings (SSSR count). The van der Waals surface area contributed by atoms with Crippen LogP contribution >= 0.6 is 23.2 Å². The molecule has 2 fully saturated rings. The second-order valence-corrected chi connectivity index (χ2v) is 12.0. The number of aromatic nitrogens is 2. The summed E-state index contributed by atoms with van der Waals surface area (Å²) in [5.41, 5.74) is 0.796. The molecule has 3 heterocycles. The van der Waals surface area contributed by atoms with Crippen molar-refractivity contribution in [1.29, 1.82) is 0 Å². The van der Waals surface area contributed by atoms with Crippen LogP contribution < -0.4 is 9.64 Å². The first-order chi connectivity index (χ1) is 20.6. The van der Waals surface area contributed by atoms with Crippen molar-refractivity contribution in [1.82, 2.24) is 19.8 Å². The lowest BCUT2D eigenvalue weighted by Crippen LogP contribution is -2.54. The number of nitrogens with zero attached hydrogens (tertiary/aromatic N) is 5. The number of benzene rings is 3. The number of carbonyl (C=O) groups excluding carboxylic acids is 1. The fourth-order valence-electron chi connectivity index (χ4n) is 6.18. The third-order valence-electron chi connectivity index (χ3n) is 8.46. The largest absolute Gasteiger partial charge is 0.462 e. The molecule has 2 atom stereocenters. The van der Waals surface area contributed by atoms with Crippen LogP contribution in [-0.4, -0.2) is 77.6 Å². The molecular weight excluding hydrogens is 595 g/mol. The van der Waals surface area contributed by atoms with Gasteiger partial charge >= 0.3 is 6.01 Å². The van der Waals surface area contributed by atoms with Gasteiger partial charge in [-0.05, 0) is 56.4 Å². The number of piperazine rings is 1. The lowest BCUT2D eigenvalue weighted by atomic mass is 9.96. The normalized spacial score (nSPS) is 19.4. The Morgan fingerprint density at radius 3 is 2.58 bits per heavy atom. The number of anilines is 1. The summed E-state index contributed by atoms with van der Waals surface area (Å²) in [5, 5.41) is 2.61. The third-order valence-corrected chi connectivity index (χ3v) is 9.07. The summed E-state index contributed by atoms with van der Waals surface area (Å²) >= 11 is 13.4. The Kier molecular flexibility index (Phi) is 8.15. The van der Waals surface area contributed by atoms with E-state index in [2.05, 4.69) is 16.5 Å². The lowest BCUT2D eigenvalue weighted by molar-refractivity contribution is -0.129. The maximum atomic E-state index is 16.8. The van der Waals surface area contributed by atoms with E-state index in [0.717, 1.165) is 24.8 Å². The zero-order valence-corrected chi connectivity index (χ0v) is 25.4. The van der Waals surface area contributed by atoms with Crippen LogP contribution in [0.3, 0.4) is 0 Å². The highest BCUT2D eigenvalue weighted by atomic mass is 35.5. The first kappa shape index (κ1) is 29.5. The van der Waals surface area contributed by atoms with Gasteiger partial charge in [0, 0.05) is 53.1 Å². The predicted octanol–water partition coefficient (Wildman–Crippen LogP) is 6.89. The van der Waals surface area contributed by atoms with E-state index in [1.807, 2.05) is 43.1 Å². The van der Waals surface area contributed by atoms with E-state index in [0.29, 0.717) is 40.3 Å². The van der Waals surface area contributed by atoms with E-state index in [1.54, 1.807) is 18.2 Å². The first-order valence-electron chi connectivity index (χ1n) is 14.2. The molecule has 4 aromatic rings. The molecule has 0 bridgehead atoms. The molecule has 43 heavy (non-hydrogen) atoms. The van der Waals surface area contributed by atoms with Crippen LogP contribution in [0.5, 0.6) is 6.01 Å². The molecule has 1 aromatic heterocycles. The number of amides is 1. The van der Waals surface area contributed by atoms with Gasteiger partial charge in [0.05, 0.1) is 5.02 Å². The summed E-state index contributed by atoms with van der Waals surface area (Å²) in [5.74, 6) is -1.93. The summed E-state index contributed by atoms with van der Waals surface area (Å²) in [7, 11) is 2.05. The van der Waals surface area contributed by atoms with Crippen molar-refractivity contribution in [2.75, 3.05) is 44.7 Å². The fourth-order valence-corrected chi connectivity index (χ4v) is 6.76. The molecule has 0 spiro atoms. The van der Waals surface area contributed by atoms with Crippen LogP contribution in [0.2, 0.25) is 10.0 Å². The standard InChI is InChI=1S/C32H31Cl2F2N5O2/c1-18-16-40(31(42)19(2)35)13-14-41(18)30-23-15-25(34)27(22-10-4-7-20-8-5-11-24(33)26(20)22)28(36)29(23)37-32(38-30)43-17-21-9-6-12-39(21)3/h4-5,7-8,10-11,15,18,21H,2,6,9,12-14,16-17H2,1,3H3/t18-,21-/m0/s1. The van der Waals surface area contributed by atoms with Crippen molar-refractivity contribution in [3.63, 3.8) is 0 Å². The predicted molar refractivity (Wildman–Crippen MR) is 167 cm³/mol. The number of fused-ring (bicyclic) bond motifs is 2. The molecule has 224 valence electrons. The van der Waals surface area contributed by atoms with Crippen molar-refractivity contribution in [2.24, 2.45) is 0 Å². The van der Waals surface area contributed by atoms with Gasteiger partial charge < -0.3 is 19.4 Å². The van der Waals surface area contributed by atoms with Gasteiger partial charge in [-0.1, -0.05) is 60.1 Å². The van der Waals surface area contributed by atoms with E-state index < -0.39 is 17.6 Å². The Morgan fingerprint density at radius 1 is 1.12 bits per heavy atom. The number of ether oxygens (including phenoxy) is 1. The minimum Gasteiger partial charge on any atom is -0.462 e. The fraction of sp³-hybridized carbons (Fsp3) is 0.344. The average molecular weight is 627 g/mol. The van der Waals surface area contributed by atoms with Gasteiger partial charge in [0.15, 0.2) is 11.6 Å². The van der Waals surface area contributed by atoms with Crippen LogP contribution in [0.15, 0.2) is 54.9 Å². The van der Waals surface area contributed by atoms with Gasteiger partial charge in [0.25, 0.3) is 5.91 Å². The second-order valence-electron chi connectivity index (χ2n) is 11.2. The van der Waals surface area contributed by atoms with Crippen LogP contribution in [0.25, 0.3) is 32.8 Å². The molecule has 0 unspecified atom stereocenters. The number of hydrogen-bond acceptors (Lipinski definition) is 6. The van der Waals surface area contributed by atoms with Gasteiger partial charge in [-0.3, -0.25) is 4.79 Å². The van der Waals surface area contributed by atoms with E-state index in [1.165, 1.54) is 4.90 Å².